The molecule has 4 atom stereocenters. The summed E-state index contributed by atoms with van der Waals surface area (Å²) in [7, 11) is 0. The highest BCUT2D eigenvalue weighted by Crippen LogP contribution is 2.36. The number of aryl methyl sites for hydroxylation is 5. The Hall–Kier alpha value is -7.64. The van der Waals surface area contributed by atoms with E-state index in [0.29, 0.717) is 49.0 Å². The molecule has 0 saturated heterocycles. The van der Waals surface area contributed by atoms with Gasteiger partial charge in [0.15, 0.2) is 5.78 Å². The predicted octanol–water partition coefficient (Wildman–Crippen LogP) is 17.6. The molecule has 1 amide bonds. The molecule has 0 aliphatic rings. The number of rotatable bonds is 11. The second-order valence-corrected chi connectivity index (χ2v) is 20.4. The highest BCUT2D eigenvalue weighted by Gasteiger charge is 2.35. The van der Waals surface area contributed by atoms with Gasteiger partial charge in [0.2, 0.25) is 12.2 Å². The second kappa shape index (κ2) is 32.4. The maximum absolute atomic E-state index is 12.9. The molecule has 87 heavy (non-hydrogen) atoms. The molecule has 5 aromatic carbocycles. The van der Waals surface area contributed by atoms with E-state index >= 15 is 0 Å². The van der Waals surface area contributed by atoms with Crippen LogP contribution >= 0.6 is 15.9 Å². The van der Waals surface area contributed by atoms with E-state index < -0.39 is 95.1 Å². The van der Waals surface area contributed by atoms with Crippen LogP contribution < -0.4 is 11.1 Å². The number of aromatic nitrogens is 2. The van der Waals surface area contributed by atoms with Crippen molar-refractivity contribution in [2.75, 3.05) is 0 Å². The van der Waals surface area contributed by atoms with Gasteiger partial charge in [0.25, 0.3) is 0 Å². The number of nitrogens with one attached hydrogen (secondary N) is 1. The van der Waals surface area contributed by atoms with E-state index in [1.54, 1.807) is 61.5 Å². The fourth-order valence-corrected chi connectivity index (χ4v) is 7.97. The first kappa shape index (κ1) is 75.5. The lowest BCUT2D eigenvalue weighted by Gasteiger charge is -2.21. The molecule has 6 aromatic rings. The van der Waals surface area contributed by atoms with Gasteiger partial charge in [-0.25, -0.2) is 24.4 Å². The average molecular weight is 1310 g/mol. The Balaban J connectivity index is 0.000000393. The number of alkyl carbamates (subject to hydrolysis) is 1. The van der Waals surface area contributed by atoms with Crippen molar-refractivity contribution in [3.05, 3.63) is 198 Å². The lowest BCUT2D eigenvalue weighted by atomic mass is 10.00. The molecular formula is C60H61BrF15N5O6. The van der Waals surface area contributed by atoms with Crippen molar-refractivity contribution in [2.24, 2.45) is 10.7 Å². The molecular weight excluding hydrogens is 1250 g/mol. The molecule has 27 heteroatoms. The maximum Gasteiger partial charge on any atom is 0.416 e. The normalized spacial score (nSPS) is 12.9. The van der Waals surface area contributed by atoms with Gasteiger partial charge in [-0.2, -0.15) is 70.8 Å². The lowest BCUT2D eigenvalue weighted by Crippen LogP contribution is -2.38. The smallest absolute Gasteiger partial charge is 0.416 e. The summed E-state index contributed by atoms with van der Waals surface area (Å²) < 4.78 is 196. The number of hydrogen-bond acceptors (Lipinski definition) is 10. The van der Waals surface area contributed by atoms with Crippen molar-refractivity contribution in [3.63, 3.8) is 0 Å². The van der Waals surface area contributed by atoms with Gasteiger partial charge in [0, 0.05) is 28.5 Å². The molecule has 0 bridgehead atoms. The molecule has 474 valence electrons. The van der Waals surface area contributed by atoms with Gasteiger partial charge in [-0.15, -0.1) is 0 Å². The number of benzene rings is 5. The third-order valence-corrected chi connectivity index (χ3v) is 12.9. The summed E-state index contributed by atoms with van der Waals surface area (Å²) in [6.45, 7) is 17.4. The minimum absolute atomic E-state index is 0.0898. The summed E-state index contributed by atoms with van der Waals surface area (Å²) in [6, 6.07) is 17.2. The van der Waals surface area contributed by atoms with Crippen LogP contribution in [0.2, 0.25) is 0 Å². The Kier molecular flexibility index (Phi) is 28.1. The number of nitrogens with zero attached hydrogens (tertiary/aromatic N) is 3. The van der Waals surface area contributed by atoms with Crippen molar-refractivity contribution in [1.82, 2.24) is 15.3 Å². The number of isocyanates is 1. The number of alkyl halides is 15. The van der Waals surface area contributed by atoms with Gasteiger partial charge in [0.1, 0.15) is 5.82 Å². The van der Waals surface area contributed by atoms with Crippen LogP contribution in [-0.4, -0.2) is 46.1 Å². The lowest BCUT2D eigenvalue weighted by molar-refractivity contribution is -0.157. The summed E-state index contributed by atoms with van der Waals surface area (Å²) in [6.07, 6.45) is -20.0. The molecule has 1 heterocycles. The van der Waals surface area contributed by atoms with Crippen LogP contribution in [0.5, 0.6) is 0 Å². The number of hydrogen-bond donors (Lipinski definition) is 2. The third-order valence-electron chi connectivity index (χ3n) is 12.0. The first-order chi connectivity index (χ1) is 39.9. The monoisotopic (exact) mass is 1310 g/mol. The van der Waals surface area contributed by atoms with Gasteiger partial charge >= 0.3 is 42.9 Å². The number of ketones is 1. The van der Waals surface area contributed by atoms with Crippen molar-refractivity contribution in [1.29, 1.82) is 0 Å². The quantitative estimate of drug-likeness (QED) is 0.0423. The van der Waals surface area contributed by atoms with Crippen molar-refractivity contribution in [3.8, 4) is 0 Å². The highest BCUT2D eigenvalue weighted by molar-refractivity contribution is 9.10. The van der Waals surface area contributed by atoms with Crippen LogP contribution in [0.1, 0.15) is 148 Å². The second-order valence-electron chi connectivity index (χ2n) is 19.6. The number of carbonyl (C=O) groups is 3. The van der Waals surface area contributed by atoms with E-state index in [2.05, 4.69) is 36.2 Å². The molecule has 0 aliphatic carbocycles. The number of aliphatic imine (C=N–C) groups is 1. The van der Waals surface area contributed by atoms with Crippen LogP contribution in [0.3, 0.4) is 0 Å². The molecule has 6 rings (SSSR count). The van der Waals surface area contributed by atoms with Gasteiger partial charge in [0.05, 0.1) is 52.4 Å². The Morgan fingerprint density at radius 1 is 0.563 bits per heavy atom. The van der Waals surface area contributed by atoms with E-state index in [-0.39, 0.29) is 24.1 Å². The fraction of sp³-hybridized carbons (Fsp3) is 0.367. The first-order valence-corrected chi connectivity index (χ1v) is 26.5. The molecule has 0 fully saturated rings. The van der Waals surface area contributed by atoms with Crippen LogP contribution in [0, 0.1) is 34.6 Å². The Morgan fingerprint density at radius 2 is 0.943 bits per heavy atom. The van der Waals surface area contributed by atoms with Gasteiger partial charge < -0.3 is 20.5 Å². The van der Waals surface area contributed by atoms with E-state index in [9.17, 15) is 85.0 Å². The predicted molar refractivity (Wildman–Crippen MR) is 297 cm³/mol. The number of ether oxygens (including phenoxy) is 2. The van der Waals surface area contributed by atoms with Crippen LogP contribution in [-0.2, 0) is 56.4 Å². The number of amides is 1. The number of halogens is 16. The molecule has 1 aromatic heterocycles. The molecule has 0 saturated carbocycles. The Labute approximate surface area is 500 Å². The molecule has 0 aliphatic heterocycles. The molecule has 4 unspecified atom stereocenters. The average Bonchev–Trinajstić information content (AvgIpc) is 2.61. The maximum atomic E-state index is 12.9. The van der Waals surface area contributed by atoms with E-state index in [1.807, 2.05) is 0 Å². The van der Waals surface area contributed by atoms with Crippen LogP contribution in [0.4, 0.5) is 70.7 Å². The standard InChI is InChI=1S/C21H24F3N3O4.C11H10F3NO.C10H12F3N.C10H9F3O.C8H6BrF3/c1-12(2)30-19(28)17(11-18-25-8-5-9-26-18)31-20(29)27-14(4)16-7-6-15(10-13(16)3)21(22,23)24;1-7-5-9(11(12,13)14)3-4-10(7)8(2)15-6-16;2*1-6-5-8(10(11,12)13)3-4-9(6)7(2)14;1-5-4-6(8(10,11)12)2-3-7(5)9/h5-10,12,14,17H,11H2,1-4H3,(H,27,29);3-5,8H,1-2H3;3-5,7H,14H2,1-2H3;3-5H,1-2H3;2-4H,1H3. The molecule has 0 spiro atoms. The summed E-state index contributed by atoms with van der Waals surface area (Å²) >= 11 is 3.13. The third kappa shape index (κ3) is 25.3. The SMILES string of the molecule is CC(=O)c1ccc(C(F)(F)F)cc1C.Cc1cc(C(F)(F)F)ccc1Br.Cc1cc(C(F)(F)F)ccc1C(C)N.Cc1cc(C(F)(F)F)ccc1C(C)N=C=O.Cc1cc(C(F)(F)F)ccc1C(C)NC(=O)OC(Cc1ncccn1)C(=O)OC(C)C. The Morgan fingerprint density at radius 3 is 1.30 bits per heavy atom. The fourth-order valence-electron chi connectivity index (χ4n) is 7.73. The van der Waals surface area contributed by atoms with Gasteiger partial charge in [-0.1, -0.05) is 40.2 Å². The van der Waals surface area contributed by atoms with E-state index in [4.69, 9.17) is 15.2 Å². The zero-order valence-corrected chi connectivity index (χ0v) is 50.0. The number of Topliss-reactive ketones (excluding diaryl/α,β-unsaturated/α-hetero) is 1. The van der Waals surface area contributed by atoms with Gasteiger partial charge in [-0.3, -0.25) is 4.79 Å². The van der Waals surface area contributed by atoms with Crippen molar-refractivity contribution >= 4 is 39.9 Å². The topological polar surface area (TPSA) is 163 Å². The summed E-state index contributed by atoms with van der Waals surface area (Å²) in [4.78, 5) is 57.2. The molecule has 0 radical (unpaired) electrons. The van der Waals surface area contributed by atoms with Crippen molar-refractivity contribution < 1.29 is 94.5 Å². The number of esters is 1. The zero-order valence-electron chi connectivity index (χ0n) is 48.4. The summed E-state index contributed by atoms with van der Waals surface area (Å²) in [5.74, 6) is -0.695. The van der Waals surface area contributed by atoms with E-state index in [0.717, 1.165) is 66.2 Å². The first-order valence-electron chi connectivity index (χ1n) is 25.7. The summed E-state index contributed by atoms with van der Waals surface area (Å²) in [5.41, 5.74) is 6.66. The minimum Gasteiger partial charge on any atom is -0.460 e. The highest BCUT2D eigenvalue weighted by atomic mass is 79.9. The number of nitrogens with two attached hydrogens (primary N) is 1. The van der Waals surface area contributed by atoms with E-state index in [1.165, 1.54) is 69.6 Å². The molecule has 3 N–H and O–H groups in total. The van der Waals surface area contributed by atoms with Gasteiger partial charge in [-0.05, 0) is 193 Å². The van der Waals surface area contributed by atoms with Crippen LogP contribution in [0.25, 0.3) is 0 Å². The van der Waals surface area contributed by atoms with Crippen LogP contribution in [0.15, 0.2) is 119 Å². The van der Waals surface area contributed by atoms with Crippen molar-refractivity contribution in [2.45, 2.75) is 144 Å². The number of carbonyl (C=O) groups excluding carboxylic acids is 4. The summed E-state index contributed by atoms with van der Waals surface area (Å²) in [5, 5.41) is 2.53. The Bertz CT molecular complexity index is 3310. The minimum atomic E-state index is -4.46. The largest absolute Gasteiger partial charge is 0.460 e. The molecule has 11 nitrogen and oxygen atoms in total. The zero-order chi connectivity index (χ0) is 66.7.